The van der Waals surface area contributed by atoms with Crippen molar-refractivity contribution < 1.29 is 9.53 Å². The number of carbonyl (C=O) groups excluding carboxylic acids is 1. The molecule has 74 valence electrons. The van der Waals surface area contributed by atoms with Gasteiger partial charge in [-0.3, -0.25) is 11.5 Å². The summed E-state index contributed by atoms with van der Waals surface area (Å²) in [6.45, 7) is 0. The first-order chi connectivity index (χ1) is 6.68. The quantitative estimate of drug-likeness (QED) is 0.414. The van der Waals surface area contributed by atoms with Crippen LogP contribution < -0.4 is 11.5 Å². The van der Waals surface area contributed by atoms with E-state index in [9.17, 15) is 4.79 Å². The Balaban J connectivity index is 2.52. The SMILES string of the molecule is NC(N)OC(=O)/C=C/c1ccccc1. The van der Waals surface area contributed by atoms with Crippen LogP contribution in [0.4, 0.5) is 0 Å². The zero-order valence-corrected chi connectivity index (χ0v) is 7.59. The maximum Gasteiger partial charge on any atom is 0.333 e. The second kappa shape index (κ2) is 5.16. The van der Waals surface area contributed by atoms with Gasteiger partial charge < -0.3 is 4.74 Å². The molecule has 0 heterocycles. The van der Waals surface area contributed by atoms with E-state index in [1.165, 1.54) is 6.08 Å². The number of hydrogen-bond donors (Lipinski definition) is 2. The molecule has 0 radical (unpaired) electrons. The summed E-state index contributed by atoms with van der Waals surface area (Å²) in [5.74, 6) is -0.552. The molecular weight excluding hydrogens is 180 g/mol. The smallest absolute Gasteiger partial charge is 0.333 e. The molecule has 0 aliphatic carbocycles. The molecule has 0 fully saturated rings. The largest absolute Gasteiger partial charge is 0.430 e. The van der Waals surface area contributed by atoms with Crippen LogP contribution in [-0.4, -0.2) is 12.3 Å². The minimum Gasteiger partial charge on any atom is -0.430 e. The molecule has 0 aliphatic rings. The van der Waals surface area contributed by atoms with Gasteiger partial charge in [-0.1, -0.05) is 30.3 Å². The van der Waals surface area contributed by atoms with Crippen LogP contribution in [0.25, 0.3) is 6.08 Å². The lowest BCUT2D eigenvalue weighted by Gasteiger charge is -2.03. The highest BCUT2D eigenvalue weighted by molar-refractivity contribution is 5.87. The van der Waals surface area contributed by atoms with Gasteiger partial charge in [0.05, 0.1) is 0 Å². The van der Waals surface area contributed by atoms with Crippen molar-refractivity contribution in [3.05, 3.63) is 42.0 Å². The predicted molar refractivity (Wildman–Crippen MR) is 53.7 cm³/mol. The summed E-state index contributed by atoms with van der Waals surface area (Å²) in [5.41, 5.74) is 11.0. The van der Waals surface area contributed by atoms with Gasteiger partial charge in [-0.15, -0.1) is 0 Å². The normalized spacial score (nSPS) is 10.8. The number of esters is 1. The van der Waals surface area contributed by atoms with Crippen LogP contribution in [0.2, 0.25) is 0 Å². The summed E-state index contributed by atoms with van der Waals surface area (Å²) in [6.07, 6.45) is 1.84. The van der Waals surface area contributed by atoms with Crippen molar-refractivity contribution >= 4 is 12.0 Å². The molecule has 0 bridgehead atoms. The third kappa shape index (κ3) is 3.84. The summed E-state index contributed by atoms with van der Waals surface area (Å²) in [6, 6.07) is 9.38. The van der Waals surface area contributed by atoms with E-state index in [1.807, 2.05) is 30.3 Å². The first-order valence-corrected chi connectivity index (χ1v) is 4.13. The zero-order chi connectivity index (χ0) is 10.4. The molecular formula is C10H12N2O2. The Kier molecular flexibility index (Phi) is 3.84. The molecule has 4 heteroatoms. The van der Waals surface area contributed by atoms with Gasteiger partial charge in [0.25, 0.3) is 0 Å². The van der Waals surface area contributed by atoms with Crippen LogP contribution >= 0.6 is 0 Å². The fraction of sp³-hybridized carbons (Fsp3) is 0.100. The minimum absolute atomic E-state index is 0.552. The van der Waals surface area contributed by atoms with Gasteiger partial charge >= 0.3 is 5.97 Å². The van der Waals surface area contributed by atoms with Crippen LogP contribution in [0.15, 0.2) is 36.4 Å². The molecule has 0 amide bonds. The second-order valence-corrected chi connectivity index (χ2v) is 2.65. The number of carbonyl (C=O) groups is 1. The van der Waals surface area contributed by atoms with Crippen molar-refractivity contribution in [1.82, 2.24) is 0 Å². The van der Waals surface area contributed by atoms with Gasteiger partial charge in [-0.25, -0.2) is 4.79 Å². The molecule has 0 spiro atoms. The van der Waals surface area contributed by atoms with Gasteiger partial charge in [-0.05, 0) is 11.6 Å². The third-order valence-corrected chi connectivity index (χ3v) is 1.46. The summed E-state index contributed by atoms with van der Waals surface area (Å²) in [5, 5.41) is 0. The number of benzene rings is 1. The fourth-order valence-corrected chi connectivity index (χ4v) is 0.902. The summed E-state index contributed by atoms with van der Waals surface area (Å²) >= 11 is 0. The monoisotopic (exact) mass is 192 g/mol. The fourth-order valence-electron chi connectivity index (χ4n) is 0.902. The van der Waals surface area contributed by atoms with Gasteiger partial charge in [0.2, 0.25) is 6.35 Å². The number of rotatable bonds is 3. The van der Waals surface area contributed by atoms with Crippen LogP contribution in [0.5, 0.6) is 0 Å². The van der Waals surface area contributed by atoms with Crippen molar-refractivity contribution in [2.75, 3.05) is 0 Å². The molecule has 4 nitrogen and oxygen atoms in total. The Morgan fingerprint density at radius 3 is 2.50 bits per heavy atom. The van der Waals surface area contributed by atoms with Crippen LogP contribution in [-0.2, 0) is 9.53 Å². The van der Waals surface area contributed by atoms with Crippen LogP contribution in [0, 0.1) is 0 Å². The van der Waals surface area contributed by atoms with E-state index in [0.717, 1.165) is 5.56 Å². The van der Waals surface area contributed by atoms with Crippen molar-refractivity contribution in [2.24, 2.45) is 11.5 Å². The molecule has 0 aliphatic heterocycles. The van der Waals surface area contributed by atoms with E-state index >= 15 is 0 Å². The molecule has 0 unspecified atom stereocenters. The highest BCUT2D eigenvalue weighted by atomic mass is 16.6. The predicted octanol–water partition coefficient (Wildman–Crippen LogP) is 0.444. The zero-order valence-electron chi connectivity index (χ0n) is 7.59. The van der Waals surface area contributed by atoms with Crippen molar-refractivity contribution in [1.29, 1.82) is 0 Å². The van der Waals surface area contributed by atoms with E-state index in [2.05, 4.69) is 4.74 Å². The van der Waals surface area contributed by atoms with Crippen molar-refractivity contribution in [2.45, 2.75) is 6.35 Å². The summed E-state index contributed by atoms with van der Waals surface area (Å²) < 4.78 is 4.50. The standard InChI is InChI=1S/C10H12N2O2/c11-10(12)14-9(13)7-6-8-4-2-1-3-5-8/h1-7,10H,11-12H2/b7-6+. The van der Waals surface area contributed by atoms with Gasteiger partial charge in [0.1, 0.15) is 0 Å². The molecule has 4 N–H and O–H groups in total. The molecule has 0 saturated heterocycles. The maximum atomic E-state index is 11.0. The van der Waals surface area contributed by atoms with E-state index in [1.54, 1.807) is 6.08 Å². The van der Waals surface area contributed by atoms with Gasteiger partial charge in [0, 0.05) is 6.08 Å². The Bertz CT molecular complexity index is 320. The number of ether oxygens (including phenoxy) is 1. The molecule has 1 rings (SSSR count). The van der Waals surface area contributed by atoms with Crippen molar-refractivity contribution in [3.8, 4) is 0 Å². The first-order valence-electron chi connectivity index (χ1n) is 4.13. The van der Waals surface area contributed by atoms with E-state index < -0.39 is 12.3 Å². The average Bonchev–Trinajstić information content (AvgIpc) is 2.15. The third-order valence-electron chi connectivity index (χ3n) is 1.46. The first kappa shape index (κ1) is 10.4. The van der Waals surface area contributed by atoms with E-state index in [0.29, 0.717) is 0 Å². The summed E-state index contributed by atoms with van der Waals surface area (Å²) in [7, 11) is 0. The number of hydrogen-bond acceptors (Lipinski definition) is 4. The summed E-state index contributed by atoms with van der Waals surface area (Å²) in [4.78, 5) is 11.0. The van der Waals surface area contributed by atoms with Gasteiger partial charge in [0.15, 0.2) is 0 Å². The minimum atomic E-state index is -1.07. The van der Waals surface area contributed by atoms with E-state index in [-0.39, 0.29) is 0 Å². The second-order valence-electron chi connectivity index (χ2n) is 2.65. The lowest BCUT2D eigenvalue weighted by Crippen LogP contribution is -2.35. The van der Waals surface area contributed by atoms with Crippen molar-refractivity contribution in [3.63, 3.8) is 0 Å². The molecule has 1 aromatic rings. The Morgan fingerprint density at radius 2 is 1.93 bits per heavy atom. The average molecular weight is 192 g/mol. The number of nitrogens with two attached hydrogens (primary N) is 2. The van der Waals surface area contributed by atoms with Crippen LogP contribution in [0.3, 0.4) is 0 Å². The lowest BCUT2D eigenvalue weighted by atomic mass is 10.2. The van der Waals surface area contributed by atoms with Gasteiger partial charge in [-0.2, -0.15) is 0 Å². The topological polar surface area (TPSA) is 78.3 Å². The molecule has 1 aromatic carbocycles. The molecule has 0 atom stereocenters. The van der Waals surface area contributed by atoms with E-state index in [4.69, 9.17) is 11.5 Å². The molecule has 0 aromatic heterocycles. The molecule has 14 heavy (non-hydrogen) atoms. The van der Waals surface area contributed by atoms with Crippen LogP contribution in [0.1, 0.15) is 5.56 Å². The Hall–Kier alpha value is -1.65. The molecule has 0 saturated carbocycles. The lowest BCUT2D eigenvalue weighted by molar-refractivity contribution is -0.142. The highest BCUT2D eigenvalue weighted by Gasteiger charge is 1.99. The maximum absolute atomic E-state index is 11.0. The Labute approximate surface area is 82.2 Å². The Morgan fingerprint density at radius 1 is 1.29 bits per heavy atom. The highest BCUT2D eigenvalue weighted by Crippen LogP contribution is 2.00.